The third-order valence-electron chi connectivity index (χ3n) is 2.08. The first-order valence-electron chi connectivity index (χ1n) is 4.19. The minimum absolute atomic E-state index is 0.572. The van der Waals surface area contributed by atoms with Crippen LogP contribution in [-0.4, -0.2) is 56.2 Å². The SMILES string of the molecule is CN(C)CCN1CC[C@H](F)C1. The van der Waals surface area contributed by atoms with Crippen molar-refractivity contribution in [1.29, 1.82) is 0 Å². The van der Waals surface area contributed by atoms with Gasteiger partial charge in [-0.25, -0.2) is 4.39 Å². The predicted octanol–water partition coefficient (Wildman–Crippen LogP) is 0.592. The van der Waals surface area contributed by atoms with Gasteiger partial charge in [-0.3, -0.25) is 4.90 Å². The van der Waals surface area contributed by atoms with E-state index in [4.69, 9.17) is 0 Å². The summed E-state index contributed by atoms with van der Waals surface area (Å²) in [5.74, 6) is 0. The number of hydrogen-bond acceptors (Lipinski definition) is 2. The minimum atomic E-state index is -0.572. The number of rotatable bonds is 3. The van der Waals surface area contributed by atoms with Crippen LogP contribution in [0.15, 0.2) is 0 Å². The Morgan fingerprint density at radius 1 is 1.55 bits per heavy atom. The Morgan fingerprint density at radius 3 is 2.73 bits per heavy atom. The van der Waals surface area contributed by atoms with E-state index in [0.29, 0.717) is 6.54 Å². The number of likely N-dealkylation sites (tertiary alicyclic amines) is 1. The monoisotopic (exact) mass is 160 g/mol. The molecule has 0 spiro atoms. The maximum atomic E-state index is 12.6. The lowest BCUT2D eigenvalue weighted by atomic mass is 10.3. The lowest BCUT2D eigenvalue weighted by Crippen LogP contribution is -2.30. The maximum absolute atomic E-state index is 12.6. The van der Waals surface area contributed by atoms with E-state index in [1.165, 1.54) is 0 Å². The molecule has 0 aromatic heterocycles. The summed E-state index contributed by atoms with van der Waals surface area (Å²) in [5.41, 5.74) is 0. The van der Waals surface area contributed by atoms with Crippen LogP contribution in [0.3, 0.4) is 0 Å². The lowest BCUT2D eigenvalue weighted by Gasteiger charge is -2.17. The summed E-state index contributed by atoms with van der Waals surface area (Å²) in [6.45, 7) is 3.63. The van der Waals surface area contributed by atoms with Crippen molar-refractivity contribution in [2.24, 2.45) is 0 Å². The highest BCUT2D eigenvalue weighted by molar-refractivity contribution is 4.74. The van der Waals surface area contributed by atoms with E-state index in [-0.39, 0.29) is 0 Å². The quantitative estimate of drug-likeness (QED) is 0.596. The van der Waals surface area contributed by atoms with Gasteiger partial charge in [0.25, 0.3) is 0 Å². The molecule has 1 aliphatic heterocycles. The van der Waals surface area contributed by atoms with Gasteiger partial charge in [0.05, 0.1) is 0 Å². The Balaban J connectivity index is 2.08. The van der Waals surface area contributed by atoms with Crippen molar-refractivity contribution in [3.05, 3.63) is 0 Å². The molecule has 0 bridgehead atoms. The first-order chi connectivity index (χ1) is 5.18. The smallest absolute Gasteiger partial charge is 0.114 e. The van der Waals surface area contributed by atoms with Crippen molar-refractivity contribution in [3.63, 3.8) is 0 Å². The van der Waals surface area contributed by atoms with Crippen LogP contribution in [0.25, 0.3) is 0 Å². The molecule has 1 atom stereocenters. The van der Waals surface area contributed by atoms with Crippen molar-refractivity contribution in [1.82, 2.24) is 9.80 Å². The van der Waals surface area contributed by atoms with E-state index in [2.05, 4.69) is 9.80 Å². The number of likely N-dealkylation sites (N-methyl/N-ethyl adjacent to an activating group) is 1. The van der Waals surface area contributed by atoms with Gasteiger partial charge in [0.2, 0.25) is 0 Å². The Labute approximate surface area is 68.0 Å². The zero-order chi connectivity index (χ0) is 8.27. The molecule has 0 aromatic carbocycles. The second-order valence-electron chi connectivity index (χ2n) is 3.49. The fraction of sp³-hybridized carbons (Fsp3) is 1.00. The second kappa shape index (κ2) is 4.02. The highest BCUT2D eigenvalue weighted by Gasteiger charge is 2.20. The highest BCUT2D eigenvalue weighted by Crippen LogP contribution is 2.10. The average molecular weight is 160 g/mol. The molecule has 0 radical (unpaired) electrons. The van der Waals surface area contributed by atoms with Gasteiger partial charge < -0.3 is 4.90 Å². The Bertz CT molecular complexity index is 117. The van der Waals surface area contributed by atoms with Crippen molar-refractivity contribution in [3.8, 4) is 0 Å². The summed E-state index contributed by atoms with van der Waals surface area (Å²) < 4.78 is 12.6. The van der Waals surface area contributed by atoms with Crippen LogP contribution >= 0.6 is 0 Å². The van der Waals surface area contributed by atoms with Crippen LogP contribution in [0.1, 0.15) is 6.42 Å². The predicted molar refractivity (Wildman–Crippen MR) is 44.5 cm³/mol. The number of alkyl halides is 1. The van der Waals surface area contributed by atoms with Crippen molar-refractivity contribution in [2.75, 3.05) is 40.3 Å². The fourth-order valence-electron chi connectivity index (χ4n) is 1.33. The van der Waals surface area contributed by atoms with Crippen LogP contribution in [0.5, 0.6) is 0 Å². The van der Waals surface area contributed by atoms with Gasteiger partial charge in [-0.1, -0.05) is 0 Å². The summed E-state index contributed by atoms with van der Waals surface area (Å²) in [7, 11) is 4.09. The molecule has 1 aliphatic rings. The second-order valence-corrected chi connectivity index (χ2v) is 3.49. The molecule has 0 aromatic rings. The summed E-state index contributed by atoms with van der Waals surface area (Å²) in [6.07, 6.45) is 0.158. The molecule has 1 fully saturated rings. The van der Waals surface area contributed by atoms with Crippen molar-refractivity contribution < 1.29 is 4.39 Å². The van der Waals surface area contributed by atoms with E-state index in [1.54, 1.807) is 0 Å². The van der Waals surface area contributed by atoms with E-state index < -0.39 is 6.17 Å². The minimum Gasteiger partial charge on any atom is -0.308 e. The molecule has 2 nitrogen and oxygen atoms in total. The summed E-state index contributed by atoms with van der Waals surface area (Å²) in [6, 6.07) is 0. The van der Waals surface area contributed by atoms with Crippen LogP contribution in [-0.2, 0) is 0 Å². The van der Waals surface area contributed by atoms with Crippen LogP contribution in [0, 0.1) is 0 Å². The average Bonchev–Trinajstić information content (AvgIpc) is 2.31. The first-order valence-corrected chi connectivity index (χ1v) is 4.19. The van der Waals surface area contributed by atoms with E-state index in [1.807, 2.05) is 14.1 Å². The summed E-state index contributed by atoms with van der Waals surface area (Å²) >= 11 is 0. The molecule has 0 saturated carbocycles. The topological polar surface area (TPSA) is 6.48 Å². The zero-order valence-electron chi connectivity index (χ0n) is 7.39. The molecule has 0 N–H and O–H groups in total. The molecule has 0 amide bonds. The van der Waals surface area contributed by atoms with Crippen molar-refractivity contribution >= 4 is 0 Å². The molecule has 0 aliphatic carbocycles. The third-order valence-corrected chi connectivity index (χ3v) is 2.08. The maximum Gasteiger partial charge on any atom is 0.114 e. The van der Waals surface area contributed by atoms with Gasteiger partial charge in [-0.05, 0) is 20.5 Å². The standard InChI is InChI=1S/C8H17FN2/c1-10(2)5-6-11-4-3-8(9)7-11/h8H,3-7H2,1-2H3/t8-/m0/s1. The normalized spacial score (nSPS) is 26.7. The van der Waals surface area contributed by atoms with E-state index in [9.17, 15) is 4.39 Å². The number of halogens is 1. The fourth-order valence-corrected chi connectivity index (χ4v) is 1.33. The molecule has 0 unspecified atom stereocenters. The van der Waals surface area contributed by atoms with E-state index in [0.717, 1.165) is 26.1 Å². The molecular formula is C8H17FN2. The van der Waals surface area contributed by atoms with Crippen molar-refractivity contribution in [2.45, 2.75) is 12.6 Å². The molecule has 11 heavy (non-hydrogen) atoms. The number of hydrogen-bond donors (Lipinski definition) is 0. The third kappa shape index (κ3) is 3.16. The lowest BCUT2D eigenvalue weighted by molar-refractivity contribution is 0.258. The zero-order valence-corrected chi connectivity index (χ0v) is 7.39. The van der Waals surface area contributed by atoms with Crippen LogP contribution in [0.2, 0.25) is 0 Å². The molecular weight excluding hydrogens is 143 g/mol. The van der Waals surface area contributed by atoms with Crippen LogP contribution < -0.4 is 0 Å². The summed E-state index contributed by atoms with van der Waals surface area (Å²) in [4.78, 5) is 4.32. The first kappa shape index (κ1) is 8.94. The molecule has 3 heteroatoms. The van der Waals surface area contributed by atoms with Gasteiger partial charge in [0, 0.05) is 26.2 Å². The largest absolute Gasteiger partial charge is 0.308 e. The summed E-state index contributed by atoms with van der Waals surface area (Å²) in [5, 5.41) is 0. The highest BCUT2D eigenvalue weighted by atomic mass is 19.1. The molecule has 1 heterocycles. The van der Waals surface area contributed by atoms with Gasteiger partial charge >= 0.3 is 0 Å². The molecule has 1 saturated heterocycles. The van der Waals surface area contributed by atoms with E-state index >= 15 is 0 Å². The van der Waals surface area contributed by atoms with Gasteiger partial charge in [0.15, 0.2) is 0 Å². The number of nitrogens with zero attached hydrogens (tertiary/aromatic N) is 2. The Hall–Kier alpha value is -0.150. The molecule has 1 rings (SSSR count). The van der Waals surface area contributed by atoms with Gasteiger partial charge in [-0.2, -0.15) is 0 Å². The molecule has 66 valence electrons. The van der Waals surface area contributed by atoms with Gasteiger partial charge in [0.1, 0.15) is 6.17 Å². The van der Waals surface area contributed by atoms with Crippen LogP contribution in [0.4, 0.5) is 4.39 Å². The Kier molecular flexibility index (Phi) is 3.27. The van der Waals surface area contributed by atoms with Gasteiger partial charge in [-0.15, -0.1) is 0 Å². The Morgan fingerprint density at radius 2 is 2.27 bits per heavy atom.